The van der Waals surface area contributed by atoms with Crippen LogP contribution in [0.4, 0.5) is 0 Å². The quantitative estimate of drug-likeness (QED) is 0.627. The van der Waals surface area contributed by atoms with Crippen LogP contribution in [0.2, 0.25) is 0 Å². The molecule has 3 rings (SSSR count). The van der Waals surface area contributed by atoms with Crippen LogP contribution in [0.5, 0.6) is 0 Å². The van der Waals surface area contributed by atoms with Crippen molar-refractivity contribution in [3.63, 3.8) is 0 Å². The Balaban J connectivity index is 1.54. The molecule has 2 aliphatic heterocycles. The normalized spacial score (nSPS) is 24.2. The summed E-state index contributed by atoms with van der Waals surface area (Å²) in [5, 5.41) is 0. The topological polar surface area (TPSA) is 76.2 Å². The second kappa shape index (κ2) is 10.0. The van der Waals surface area contributed by atoms with Gasteiger partial charge in [-0.25, -0.2) is 0 Å². The van der Waals surface area contributed by atoms with Gasteiger partial charge in [-0.1, -0.05) is 18.2 Å². The molecule has 2 heterocycles. The minimum Gasteiger partial charge on any atom is -0.464 e. The molecule has 2 aliphatic rings. The van der Waals surface area contributed by atoms with Crippen molar-refractivity contribution in [3.05, 3.63) is 35.9 Å². The number of ether oxygens (including phenoxy) is 2. The van der Waals surface area contributed by atoms with E-state index in [1.165, 1.54) is 0 Å². The highest BCUT2D eigenvalue weighted by Crippen LogP contribution is 2.32. The third kappa shape index (κ3) is 6.31. The summed E-state index contributed by atoms with van der Waals surface area (Å²) in [5.41, 5.74) is -0.608. The summed E-state index contributed by atoms with van der Waals surface area (Å²) in [5.74, 6) is -0.583. The largest absolute Gasteiger partial charge is 0.464 e. The maximum absolute atomic E-state index is 13.0. The minimum atomic E-state index is -0.725. The van der Waals surface area contributed by atoms with Crippen LogP contribution >= 0.6 is 0 Å². The number of hydrogen-bond donors (Lipinski definition) is 0. The van der Waals surface area contributed by atoms with Gasteiger partial charge in [-0.3, -0.25) is 19.3 Å². The lowest BCUT2D eigenvalue weighted by Crippen LogP contribution is -2.49. The van der Waals surface area contributed by atoms with Crippen LogP contribution in [-0.4, -0.2) is 72.1 Å². The van der Waals surface area contributed by atoms with Crippen molar-refractivity contribution in [2.75, 3.05) is 32.8 Å². The number of carbonyl (C=O) groups is 3. The van der Waals surface area contributed by atoms with Gasteiger partial charge in [0.25, 0.3) is 5.91 Å². The average molecular weight is 445 g/mol. The van der Waals surface area contributed by atoms with E-state index in [0.717, 1.165) is 25.8 Å². The number of hydrogen-bond acceptors (Lipinski definition) is 6. The number of amides is 1. The lowest BCUT2D eigenvalue weighted by Gasteiger charge is -2.39. The Bertz CT molecular complexity index is 819. The van der Waals surface area contributed by atoms with Crippen molar-refractivity contribution in [1.29, 1.82) is 0 Å². The summed E-state index contributed by atoms with van der Waals surface area (Å²) in [4.78, 5) is 41.9. The van der Waals surface area contributed by atoms with E-state index in [0.29, 0.717) is 25.1 Å². The number of likely N-dealkylation sites (tertiary alicyclic amines) is 2. The number of rotatable bonds is 6. The van der Waals surface area contributed by atoms with Gasteiger partial charge < -0.3 is 14.4 Å². The molecule has 0 unspecified atom stereocenters. The zero-order chi connectivity index (χ0) is 23.4. The van der Waals surface area contributed by atoms with E-state index in [1.54, 1.807) is 17.0 Å². The minimum absolute atomic E-state index is 0.0145. The van der Waals surface area contributed by atoms with Crippen LogP contribution in [0.3, 0.4) is 0 Å². The highest BCUT2D eigenvalue weighted by molar-refractivity contribution is 5.94. The number of benzene rings is 1. The molecular weight excluding hydrogens is 408 g/mol. The molecule has 0 bridgehead atoms. The van der Waals surface area contributed by atoms with E-state index in [1.807, 2.05) is 50.8 Å². The number of carbonyl (C=O) groups excluding carboxylic acids is 3. The predicted octanol–water partition coefficient (Wildman–Crippen LogP) is 3.28. The summed E-state index contributed by atoms with van der Waals surface area (Å²) in [6.45, 7) is 9.68. The van der Waals surface area contributed by atoms with Gasteiger partial charge >= 0.3 is 11.9 Å². The molecule has 2 atom stereocenters. The maximum atomic E-state index is 13.0. The Morgan fingerprint density at radius 3 is 2.50 bits per heavy atom. The van der Waals surface area contributed by atoms with Gasteiger partial charge in [0.15, 0.2) is 0 Å². The van der Waals surface area contributed by atoms with Gasteiger partial charge in [0.05, 0.1) is 12.0 Å². The first-order valence-corrected chi connectivity index (χ1v) is 11.5. The lowest BCUT2D eigenvalue weighted by atomic mass is 9.81. The molecule has 7 nitrogen and oxygen atoms in total. The first-order chi connectivity index (χ1) is 15.1. The van der Waals surface area contributed by atoms with E-state index in [9.17, 15) is 14.4 Å². The number of nitrogens with zero attached hydrogens (tertiary/aromatic N) is 2. The van der Waals surface area contributed by atoms with Crippen LogP contribution in [-0.2, 0) is 19.1 Å². The highest BCUT2D eigenvalue weighted by Gasteiger charge is 2.41. The van der Waals surface area contributed by atoms with Gasteiger partial charge in [-0.15, -0.1) is 0 Å². The molecule has 176 valence electrons. The van der Waals surface area contributed by atoms with Crippen LogP contribution in [0, 0.1) is 5.41 Å². The number of esters is 2. The molecule has 1 amide bonds. The summed E-state index contributed by atoms with van der Waals surface area (Å²) in [6.07, 6.45) is 3.29. The van der Waals surface area contributed by atoms with Crippen molar-refractivity contribution in [2.45, 2.75) is 65.0 Å². The van der Waals surface area contributed by atoms with Gasteiger partial charge in [-0.05, 0) is 72.1 Å². The van der Waals surface area contributed by atoms with E-state index < -0.39 is 11.0 Å². The molecule has 0 radical (unpaired) electrons. The van der Waals surface area contributed by atoms with E-state index in [2.05, 4.69) is 0 Å². The molecule has 1 aromatic rings. The third-order valence-corrected chi connectivity index (χ3v) is 6.16. The van der Waals surface area contributed by atoms with E-state index in [4.69, 9.17) is 9.47 Å². The summed E-state index contributed by atoms with van der Waals surface area (Å²) in [7, 11) is 0. The lowest BCUT2D eigenvalue weighted by molar-refractivity contribution is -0.160. The molecule has 32 heavy (non-hydrogen) atoms. The predicted molar refractivity (Wildman–Crippen MR) is 121 cm³/mol. The monoisotopic (exact) mass is 444 g/mol. The molecule has 0 aliphatic carbocycles. The molecule has 7 heteroatoms. The Morgan fingerprint density at radius 1 is 1.09 bits per heavy atom. The average Bonchev–Trinajstić information content (AvgIpc) is 3.17. The standard InChI is InChI=1S/C25H36N2O5/c1-24(2,3)32-21(28)16-26-14-8-12-20(26)17-31-23(30)25(4)13-9-15-27(18-25)22(29)19-10-6-5-7-11-19/h5-7,10-11,20H,8-9,12-18H2,1-4H3/t20-,25-/m1/s1. The highest BCUT2D eigenvalue weighted by atomic mass is 16.6. The van der Waals surface area contributed by atoms with E-state index >= 15 is 0 Å². The van der Waals surface area contributed by atoms with Crippen LogP contribution in [0.1, 0.15) is 63.7 Å². The van der Waals surface area contributed by atoms with Crippen LogP contribution < -0.4 is 0 Å². The molecular formula is C25H36N2O5. The second-order valence-corrected chi connectivity index (χ2v) is 10.2. The van der Waals surface area contributed by atoms with Crippen molar-refractivity contribution in [2.24, 2.45) is 5.41 Å². The van der Waals surface area contributed by atoms with Gasteiger partial charge in [0.1, 0.15) is 12.2 Å². The smallest absolute Gasteiger partial charge is 0.320 e. The zero-order valence-electron chi connectivity index (χ0n) is 19.8. The summed E-state index contributed by atoms with van der Waals surface area (Å²) in [6, 6.07) is 9.17. The van der Waals surface area contributed by atoms with Gasteiger partial charge in [-0.2, -0.15) is 0 Å². The molecule has 2 fully saturated rings. The van der Waals surface area contributed by atoms with Crippen molar-refractivity contribution in [1.82, 2.24) is 9.80 Å². The van der Waals surface area contributed by atoms with E-state index in [-0.39, 0.29) is 37.0 Å². The SMILES string of the molecule is CC(C)(C)OC(=O)CN1CCC[C@@H]1COC(=O)[C@]1(C)CCCN(C(=O)c2ccccc2)C1. The molecule has 0 spiro atoms. The zero-order valence-corrected chi connectivity index (χ0v) is 19.8. The Morgan fingerprint density at radius 2 is 1.81 bits per heavy atom. The molecule has 0 aromatic heterocycles. The Kier molecular flexibility index (Phi) is 7.59. The molecule has 1 aromatic carbocycles. The first kappa shape index (κ1) is 24.2. The fourth-order valence-electron chi connectivity index (χ4n) is 4.52. The molecule has 0 saturated carbocycles. The third-order valence-electron chi connectivity index (χ3n) is 6.16. The van der Waals surface area contributed by atoms with Crippen molar-refractivity contribution >= 4 is 17.8 Å². The molecule has 0 N–H and O–H groups in total. The fraction of sp³-hybridized carbons (Fsp3) is 0.640. The Labute approximate surface area is 191 Å². The number of piperidine rings is 1. The first-order valence-electron chi connectivity index (χ1n) is 11.5. The maximum Gasteiger partial charge on any atom is 0.320 e. The van der Waals surface area contributed by atoms with Gasteiger partial charge in [0, 0.05) is 24.7 Å². The van der Waals surface area contributed by atoms with Crippen LogP contribution in [0.25, 0.3) is 0 Å². The van der Waals surface area contributed by atoms with Gasteiger partial charge in [0.2, 0.25) is 0 Å². The van der Waals surface area contributed by atoms with Crippen molar-refractivity contribution in [3.8, 4) is 0 Å². The summed E-state index contributed by atoms with van der Waals surface area (Å²) >= 11 is 0. The summed E-state index contributed by atoms with van der Waals surface area (Å²) < 4.78 is 11.2. The molecule has 2 saturated heterocycles. The van der Waals surface area contributed by atoms with Crippen molar-refractivity contribution < 1.29 is 23.9 Å². The fourth-order valence-corrected chi connectivity index (χ4v) is 4.52. The van der Waals surface area contributed by atoms with Crippen LogP contribution in [0.15, 0.2) is 30.3 Å². The second-order valence-electron chi connectivity index (χ2n) is 10.2. The Hall–Kier alpha value is -2.41.